The molecule has 2 aromatic rings. The van der Waals surface area contributed by atoms with Crippen LogP contribution in [-0.2, 0) is 19.6 Å². The molecule has 1 aromatic heterocycles. The lowest BCUT2D eigenvalue weighted by Gasteiger charge is -2.15. The van der Waals surface area contributed by atoms with Crippen LogP contribution in [0.2, 0.25) is 0 Å². The summed E-state index contributed by atoms with van der Waals surface area (Å²) in [4.78, 5) is 7.45. The third-order valence-corrected chi connectivity index (χ3v) is 4.10. The van der Waals surface area contributed by atoms with E-state index in [4.69, 9.17) is 0 Å². The third kappa shape index (κ3) is 3.30. The van der Waals surface area contributed by atoms with Gasteiger partial charge in [0.15, 0.2) is 5.13 Å². The average molecular weight is 280 g/mol. The van der Waals surface area contributed by atoms with Crippen LogP contribution in [0.5, 0.6) is 0 Å². The summed E-state index contributed by atoms with van der Waals surface area (Å²) in [6, 6.07) is 6.46. The van der Waals surface area contributed by atoms with E-state index in [2.05, 4.69) is 4.98 Å². The molecule has 0 amide bonds. The van der Waals surface area contributed by atoms with E-state index in [0.717, 1.165) is 27.7 Å². The molecule has 0 saturated carbocycles. The monoisotopic (exact) mass is 280 g/mol. The van der Waals surface area contributed by atoms with Crippen LogP contribution in [0, 0.1) is 5.82 Å². The molecule has 2 rings (SSSR count). The molecule has 0 aliphatic rings. The molecular weight excluding hydrogens is 263 g/mol. The van der Waals surface area contributed by atoms with Crippen LogP contribution in [0.3, 0.4) is 0 Å². The van der Waals surface area contributed by atoms with Crippen molar-refractivity contribution in [2.24, 2.45) is 0 Å². The lowest BCUT2D eigenvalue weighted by molar-refractivity contribution is 0.284. The quantitative estimate of drug-likeness (QED) is 0.914. The van der Waals surface area contributed by atoms with E-state index in [1.807, 2.05) is 18.9 Å². The summed E-state index contributed by atoms with van der Waals surface area (Å²) in [7, 11) is 1.95. The number of nitrogens with zero attached hydrogens (tertiary/aromatic N) is 2. The summed E-state index contributed by atoms with van der Waals surface area (Å²) in [6.45, 7) is 2.73. The van der Waals surface area contributed by atoms with Gasteiger partial charge in [0.05, 0.1) is 17.2 Å². The first-order chi connectivity index (χ1) is 9.13. The topological polar surface area (TPSA) is 36.4 Å². The lowest BCUT2D eigenvalue weighted by Crippen LogP contribution is -2.16. The zero-order valence-electron chi connectivity index (χ0n) is 11.1. The highest BCUT2D eigenvalue weighted by atomic mass is 32.1. The van der Waals surface area contributed by atoms with Crippen molar-refractivity contribution < 1.29 is 9.50 Å². The smallest absolute Gasteiger partial charge is 0.185 e. The van der Waals surface area contributed by atoms with Crippen molar-refractivity contribution in [2.75, 3.05) is 11.9 Å². The first kappa shape index (κ1) is 14.0. The summed E-state index contributed by atoms with van der Waals surface area (Å²) < 4.78 is 12.8. The molecule has 0 aliphatic heterocycles. The number of hydrogen-bond donors (Lipinski definition) is 1. The molecule has 102 valence electrons. The fourth-order valence-corrected chi connectivity index (χ4v) is 2.83. The van der Waals surface area contributed by atoms with Gasteiger partial charge >= 0.3 is 0 Å². The average Bonchev–Trinajstić information content (AvgIpc) is 2.84. The zero-order valence-corrected chi connectivity index (χ0v) is 11.9. The molecule has 0 aliphatic carbocycles. The summed E-state index contributed by atoms with van der Waals surface area (Å²) in [5, 5.41) is 10.2. The molecule has 5 heteroatoms. The number of aliphatic hydroxyl groups is 1. The standard InChI is InChI=1S/C14H17FN2OS/c1-3-12-13(9-18)19-14(16-12)17(2)8-10-4-6-11(15)7-5-10/h4-7,18H,3,8-9H2,1-2H3. The molecule has 1 heterocycles. The van der Waals surface area contributed by atoms with Crippen molar-refractivity contribution in [3.05, 3.63) is 46.2 Å². The maximum atomic E-state index is 12.8. The Morgan fingerprint density at radius 2 is 2.00 bits per heavy atom. The molecule has 0 spiro atoms. The van der Waals surface area contributed by atoms with Gasteiger partial charge in [-0.05, 0) is 24.1 Å². The Morgan fingerprint density at radius 1 is 1.32 bits per heavy atom. The highest BCUT2D eigenvalue weighted by molar-refractivity contribution is 7.15. The van der Waals surface area contributed by atoms with E-state index in [1.165, 1.54) is 23.5 Å². The molecule has 1 aromatic carbocycles. The number of aromatic nitrogens is 1. The van der Waals surface area contributed by atoms with Gasteiger partial charge in [0.25, 0.3) is 0 Å². The first-order valence-corrected chi connectivity index (χ1v) is 7.00. The van der Waals surface area contributed by atoms with Gasteiger partial charge in [0, 0.05) is 13.6 Å². The minimum atomic E-state index is -0.225. The van der Waals surface area contributed by atoms with E-state index in [0.29, 0.717) is 6.54 Å². The van der Waals surface area contributed by atoms with Crippen molar-refractivity contribution in [2.45, 2.75) is 26.5 Å². The maximum absolute atomic E-state index is 12.8. The fraction of sp³-hybridized carbons (Fsp3) is 0.357. The van der Waals surface area contributed by atoms with Crippen LogP contribution < -0.4 is 4.90 Å². The van der Waals surface area contributed by atoms with E-state index >= 15 is 0 Å². The number of hydrogen-bond acceptors (Lipinski definition) is 4. The van der Waals surface area contributed by atoms with Gasteiger partial charge in [0.1, 0.15) is 5.82 Å². The molecule has 0 saturated heterocycles. The van der Waals surface area contributed by atoms with Gasteiger partial charge < -0.3 is 10.0 Å². The second kappa shape index (κ2) is 6.12. The fourth-order valence-electron chi connectivity index (χ4n) is 1.86. The van der Waals surface area contributed by atoms with Gasteiger partial charge in [-0.1, -0.05) is 30.4 Å². The maximum Gasteiger partial charge on any atom is 0.185 e. The predicted octanol–water partition coefficient (Wildman–Crippen LogP) is 2.97. The molecule has 3 nitrogen and oxygen atoms in total. The Bertz CT molecular complexity index is 517. The van der Waals surface area contributed by atoms with Crippen LogP contribution in [0.15, 0.2) is 24.3 Å². The molecule has 19 heavy (non-hydrogen) atoms. The molecular formula is C14H17FN2OS. The highest BCUT2D eigenvalue weighted by Crippen LogP contribution is 2.27. The zero-order chi connectivity index (χ0) is 13.8. The van der Waals surface area contributed by atoms with Crippen molar-refractivity contribution in [3.8, 4) is 0 Å². The van der Waals surface area contributed by atoms with Gasteiger partial charge in [-0.25, -0.2) is 9.37 Å². The second-order valence-electron chi connectivity index (χ2n) is 4.36. The third-order valence-electron chi connectivity index (χ3n) is 2.91. The lowest BCUT2D eigenvalue weighted by atomic mass is 10.2. The van der Waals surface area contributed by atoms with Crippen molar-refractivity contribution >= 4 is 16.5 Å². The largest absolute Gasteiger partial charge is 0.391 e. The predicted molar refractivity (Wildman–Crippen MR) is 75.9 cm³/mol. The number of rotatable bonds is 5. The summed E-state index contributed by atoms with van der Waals surface area (Å²) in [5.41, 5.74) is 1.98. The molecule has 1 N–H and O–H groups in total. The van der Waals surface area contributed by atoms with E-state index in [9.17, 15) is 9.50 Å². The molecule has 0 atom stereocenters. The van der Waals surface area contributed by atoms with Gasteiger partial charge in [0.2, 0.25) is 0 Å². The van der Waals surface area contributed by atoms with Crippen molar-refractivity contribution in [1.29, 1.82) is 0 Å². The van der Waals surface area contributed by atoms with E-state index < -0.39 is 0 Å². The molecule has 0 radical (unpaired) electrons. The minimum Gasteiger partial charge on any atom is -0.391 e. The summed E-state index contributed by atoms with van der Waals surface area (Å²) in [5.74, 6) is -0.225. The number of aliphatic hydroxyl groups excluding tert-OH is 1. The van der Waals surface area contributed by atoms with Crippen LogP contribution >= 0.6 is 11.3 Å². The van der Waals surface area contributed by atoms with Crippen molar-refractivity contribution in [3.63, 3.8) is 0 Å². The Kier molecular flexibility index (Phi) is 4.50. The van der Waals surface area contributed by atoms with Crippen LogP contribution in [0.4, 0.5) is 9.52 Å². The highest BCUT2D eigenvalue weighted by Gasteiger charge is 2.12. The molecule has 0 unspecified atom stereocenters. The van der Waals surface area contributed by atoms with Crippen LogP contribution in [0.25, 0.3) is 0 Å². The first-order valence-electron chi connectivity index (χ1n) is 6.19. The second-order valence-corrected chi connectivity index (χ2v) is 5.42. The van der Waals surface area contributed by atoms with Crippen molar-refractivity contribution in [1.82, 2.24) is 4.98 Å². The number of aryl methyl sites for hydroxylation is 1. The minimum absolute atomic E-state index is 0.0330. The van der Waals surface area contributed by atoms with Crippen LogP contribution in [-0.4, -0.2) is 17.1 Å². The Balaban J connectivity index is 2.13. The van der Waals surface area contributed by atoms with Gasteiger partial charge in [-0.3, -0.25) is 0 Å². The van der Waals surface area contributed by atoms with E-state index in [-0.39, 0.29) is 12.4 Å². The normalized spacial score (nSPS) is 10.7. The summed E-state index contributed by atoms with van der Waals surface area (Å²) >= 11 is 1.51. The van der Waals surface area contributed by atoms with Gasteiger partial charge in [-0.2, -0.15) is 0 Å². The number of benzene rings is 1. The number of thiazole rings is 1. The Hall–Kier alpha value is -1.46. The van der Waals surface area contributed by atoms with Gasteiger partial charge in [-0.15, -0.1) is 0 Å². The Labute approximate surface area is 116 Å². The van der Waals surface area contributed by atoms with E-state index in [1.54, 1.807) is 12.1 Å². The number of halogens is 1. The summed E-state index contributed by atoms with van der Waals surface area (Å²) in [6.07, 6.45) is 0.816. The van der Waals surface area contributed by atoms with Crippen LogP contribution in [0.1, 0.15) is 23.1 Å². The Morgan fingerprint density at radius 3 is 2.53 bits per heavy atom. The SMILES string of the molecule is CCc1nc(N(C)Cc2ccc(F)cc2)sc1CO. The molecule has 0 bridgehead atoms. The number of anilines is 1. The molecule has 0 fully saturated rings.